The molecule has 3 rings (SSSR count). The molecule has 1 aliphatic rings. The molecule has 25 heavy (non-hydrogen) atoms. The molecule has 0 aromatic heterocycles. The van der Waals surface area contributed by atoms with Gasteiger partial charge in [0.15, 0.2) is 0 Å². The third kappa shape index (κ3) is 4.40. The minimum absolute atomic E-state index is 0.00547. The number of carbonyl (C=O) groups is 1. The molecular weight excluding hydrogens is 334 g/mol. The highest BCUT2D eigenvalue weighted by molar-refractivity contribution is 6.31. The smallest absolute Gasteiger partial charge is 0.238 e. The van der Waals surface area contributed by atoms with Crippen LogP contribution in [0.1, 0.15) is 22.7 Å². The molecule has 0 spiro atoms. The molecule has 4 nitrogen and oxygen atoms in total. The second-order valence-electron chi connectivity index (χ2n) is 6.58. The molecule has 0 bridgehead atoms. The molecule has 1 atom stereocenters. The number of piperazine rings is 1. The van der Waals surface area contributed by atoms with Crippen molar-refractivity contribution in [2.45, 2.75) is 19.9 Å². The minimum atomic E-state index is 0.00547. The largest absolute Gasteiger partial charge is 0.325 e. The summed E-state index contributed by atoms with van der Waals surface area (Å²) < 4.78 is 0. The Morgan fingerprint density at radius 2 is 2.08 bits per heavy atom. The van der Waals surface area contributed by atoms with E-state index in [0.29, 0.717) is 6.54 Å². The average molecular weight is 358 g/mol. The number of benzene rings is 2. The van der Waals surface area contributed by atoms with Crippen LogP contribution >= 0.6 is 11.6 Å². The van der Waals surface area contributed by atoms with Gasteiger partial charge in [-0.1, -0.05) is 47.5 Å². The van der Waals surface area contributed by atoms with Gasteiger partial charge >= 0.3 is 0 Å². The maximum absolute atomic E-state index is 12.6. The lowest BCUT2D eigenvalue weighted by molar-refractivity contribution is -0.118. The Labute approximate surface area is 154 Å². The Balaban J connectivity index is 1.71. The quantitative estimate of drug-likeness (QED) is 0.879. The number of anilines is 1. The van der Waals surface area contributed by atoms with Crippen molar-refractivity contribution in [1.82, 2.24) is 10.2 Å². The number of hydrogen-bond donors (Lipinski definition) is 2. The number of nitrogens with one attached hydrogen (secondary N) is 2. The van der Waals surface area contributed by atoms with Gasteiger partial charge in [0.25, 0.3) is 0 Å². The Morgan fingerprint density at radius 3 is 2.84 bits per heavy atom. The average Bonchev–Trinajstić information content (AvgIpc) is 2.59. The van der Waals surface area contributed by atoms with Crippen LogP contribution in [0.15, 0.2) is 42.5 Å². The number of nitrogens with zero attached hydrogens (tertiary/aromatic N) is 1. The summed E-state index contributed by atoms with van der Waals surface area (Å²) in [6, 6.07) is 14.0. The summed E-state index contributed by atoms with van der Waals surface area (Å²) in [5.74, 6) is 0.00547. The minimum Gasteiger partial charge on any atom is -0.325 e. The molecule has 1 heterocycles. The van der Waals surface area contributed by atoms with Crippen LogP contribution < -0.4 is 10.6 Å². The molecule has 1 unspecified atom stereocenters. The number of rotatable bonds is 4. The van der Waals surface area contributed by atoms with E-state index in [4.69, 9.17) is 11.6 Å². The van der Waals surface area contributed by atoms with Gasteiger partial charge in [-0.25, -0.2) is 0 Å². The monoisotopic (exact) mass is 357 g/mol. The molecule has 1 fully saturated rings. The molecule has 2 N–H and O–H groups in total. The highest BCUT2D eigenvalue weighted by Crippen LogP contribution is 2.28. The lowest BCUT2D eigenvalue weighted by Gasteiger charge is -2.36. The van der Waals surface area contributed by atoms with Gasteiger partial charge in [-0.3, -0.25) is 9.69 Å². The maximum atomic E-state index is 12.6. The number of hydrogen-bond acceptors (Lipinski definition) is 3. The van der Waals surface area contributed by atoms with Gasteiger partial charge in [-0.2, -0.15) is 0 Å². The second-order valence-corrected chi connectivity index (χ2v) is 6.99. The number of halogens is 1. The fourth-order valence-electron chi connectivity index (χ4n) is 3.32. The van der Waals surface area contributed by atoms with Gasteiger partial charge in [0.1, 0.15) is 0 Å². The SMILES string of the molecule is Cc1ccc(NC(=O)CN2CCNCC2c2ccccc2Cl)c(C)c1. The number of carbonyl (C=O) groups excluding carboxylic acids is 1. The normalized spacial score (nSPS) is 18.1. The number of aryl methyl sites for hydroxylation is 2. The van der Waals surface area contributed by atoms with E-state index in [1.165, 1.54) is 5.56 Å². The summed E-state index contributed by atoms with van der Waals surface area (Å²) in [4.78, 5) is 14.8. The Morgan fingerprint density at radius 1 is 1.28 bits per heavy atom. The summed E-state index contributed by atoms with van der Waals surface area (Å²) in [6.07, 6.45) is 0. The van der Waals surface area contributed by atoms with Crippen molar-refractivity contribution < 1.29 is 4.79 Å². The van der Waals surface area contributed by atoms with Gasteiger partial charge in [0.05, 0.1) is 6.54 Å². The Kier molecular flexibility index (Phi) is 5.74. The van der Waals surface area contributed by atoms with Crippen LogP contribution in [-0.4, -0.2) is 37.0 Å². The van der Waals surface area contributed by atoms with Crippen molar-refractivity contribution in [2.24, 2.45) is 0 Å². The van der Waals surface area contributed by atoms with Crippen LogP contribution in [-0.2, 0) is 4.79 Å². The summed E-state index contributed by atoms with van der Waals surface area (Å²) in [6.45, 7) is 6.90. The molecule has 1 amide bonds. The first kappa shape index (κ1) is 17.9. The molecule has 0 aliphatic carbocycles. The molecule has 132 valence electrons. The van der Waals surface area contributed by atoms with Gasteiger partial charge in [0, 0.05) is 36.4 Å². The summed E-state index contributed by atoms with van der Waals surface area (Å²) >= 11 is 6.37. The molecule has 2 aromatic rings. The first-order valence-electron chi connectivity index (χ1n) is 8.61. The highest BCUT2D eigenvalue weighted by atomic mass is 35.5. The first-order chi connectivity index (χ1) is 12.0. The van der Waals surface area contributed by atoms with E-state index in [-0.39, 0.29) is 11.9 Å². The van der Waals surface area contributed by atoms with E-state index in [2.05, 4.69) is 21.6 Å². The zero-order chi connectivity index (χ0) is 17.8. The van der Waals surface area contributed by atoms with E-state index < -0.39 is 0 Å². The highest BCUT2D eigenvalue weighted by Gasteiger charge is 2.27. The van der Waals surface area contributed by atoms with E-state index in [0.717, 1.165) is 41.5 Å². The van der Waals surface area contributed by atoms with Gasteiger partial charge in [0.2, 0.25) is 5.91 Å². The topological polar surface area (TPSA) is 44.4 Å². The van der Waals surface area contributed by atoms with Crippen molar-refractivity contribution >= 4 is 23.2 Å². The van der Waals surface area contributed by atoms with Crippen LogP contribution in [0, 0.1) is 13.8 Å². The van der Waals surface area contributed by atoms with E-state index in [1.807, 2.05) is 50.2 Å². The maximum Gasteiger partial charge on any atom is 0.238 e. The van der Waals surface area contributed by atoms with E-state index in [1.54, 1.807) is 0 Å². The third-order valence-corrected chi connectivity index (χ3v) is 4.97. The molecule has 1 aliphatic heterocycles. The van der Waals surface area contributed by atoms with Crippen molar-refractivity contribution in [3.63, 3.8) is 0 Å². The second kappa shape index (κ2) is 8.00. The van der Waals surface area contributed by atoms with Crippen molar-refractivity contribution in [3.05, 3.63) is 64.2 Å². The Bertz CT molecular complexity index is 762. The van der Waals surface area contributed by atoms with Crippen molar-refractivity contribution in [2.75, 3.05) is 31.5 Å². The fraction of sp³-hybridized carbons (Fsp3) is 0.350. The van der Waals surface area contributed by atoms with Crippen molar-refractivity contribution in [1.29, 1.82) is 0 Å². The standard InChI is InChI=1S/C20H24ClN3O/c1-14-7-8-18(15(2)11-14)23-20(25)13-24-10-9-22-12-19(24)16-5-3-4-6-17(16)21/h3-8,11,19,22H,9-10,12-13H2,1-2H3,(H,23,25). The zero-order valence-electron chi connectivity index (χ0n) is 14.7. The lowest BCUT2D eigenvalue weighted by atomic mass is 10.0. The van der Waals surface area contributed by atoms with E-state index in [9.17, 15) is 4.79 Å². The molecule has 1 saturated heterocycles. The zero-order valence-corrected chi connectivity index (χ0v) is 15.4. The summed E-state index contributed by atoms with van der Waals surface area (Å²) in [5, 5.41) is 7.18. The van der Waals surface area contributed by atoms with Crippen molar-refractivity contribution in [3.8, 4) is 0 Å². The molecular formula is C20H24ClN3O. The first-order valence-corrected chi connectivity index (χ1v) is 8.98. The predicted octanol–water partition coefficient (Wildman–Crippen LogP) is 3.54. The van der Waals surface area contributed by atoms with Crippen LogP contribution in [0.2, 0.25) is 5.02 Å². The predicted molar refractivity (Wildman–Crippen MR) is 103 cm³/mol. The van der Waals surface area contributed by atoms with Gasteiger partial charge in [-0.05, 0) is 37.1 Å². The van der Waals surface area contributed by atoms with Crippen LogP contribution in [0.5, 0.6) is 0 Å². The molecule has 5 heteroatoms. The van der Waals surface area contributed by atoms with Crippen LogP contribution in [0.4, 0.5) is 5.69 Å². The van der Waals surface area contributed by atoms with Gasteiger partial charge < -0.3 is 10.6 Å². The number of amides is 1. The molecule has 0 saturated carbocycles. The van der Waals surface area contributed by atoms with Crippen LogP contribution in [0.25, 0.3) is 0 Å². The van der Waals surface area contributed by atoms with Gasteiger partial charge in [-0.15, -0.1) is 0 Å². The Hall–Kier alpha value is -1.88. The third-order valence-electron chi connectivity index (χ3n) is 4.62. The summed E-state index contributed by atoms with van der Waals surface area (Å²) in [5.41, 5.74) is 4.21. The lowest BCUT2D eigenvalue weighted by Crippen LogP contribution is -2.48. The molecule has 2 aromatic carbocycles. The van der Waals surface area contributed by atoms with Crippen LogP contribution in [0.3, 0.4) is 0 Å². The fourth-order valence-corrected chi connectivity index (χ4v) is 3.58. The molecule has 0 radical (unpaired) electrons. The summed E-state index contributed by atoms with van der Waals surface area (Å²) in [7, 11) is 0. The van der Waals surface area contributed by atoms with E-state index >= 15 is 0 Å².